The van der Waals surface area contributed by atoms with Crippen LogP contribution in [0.5, 0.6) is 0 Å². The molecule has 40 valence electrons. The van der Waals surface area contributed by atoms with E-state index in [1.807, 2.05) is 19.9 Å². The molecule has 0 aromatic heterocycles. The first-order chi connectivity index (χ1) is 3.18. The molecule has 0 spiro atoms. The molecule has 0 atom stereocenters. The molecule has 1 nitrogen and oxygen atoms in total. The Balaban J connectivity index is 3.82. The van der Waals surface area contributed by atoms with Crippen LogP contribution >= 0.6 is 0 Å². The van der Waals surface area contributed by atoms with Gasteiger partial charge in [-0.15, -0.1) is 0 Å². The number of rotatable bonds is 1. The van der Waals surface area contributed by atoms with Crippen molar-refractivity contribution < 1.29 is 0 Å². The van der Waals surface area contributed by atoms with E-state index in [-0.39, 0.29) is 0 Å². The van der Waals surface area contributed by atoms with Crippen LogP contribution in [-0.2, 0) is 0 Å². The number of hydrogen-bond donors (Lipinski definition) is 1. The lowest BCUT2D eigenvalue weighted by atomic mass is 10.2. The summed E-state index contributed by atoms with van der Waals surface area (Å²) in [6.07, 6.45) is 1.84. The number of hydrogen-bond acceptors (Lipinski definition) is 1. The molecule has 0 heterocycles. The maximum atomic E-state index is 5.38. The lowest BCUT2D eigenvalue weighted by molar-refractivity contribution is 1.29. The summed E-state index contributed by atoms with van der Waals surface area (Å²) in [5.41, 5.74) is 7.09. The zero-order chi connectivity index (χ0) is 5.86. The van der Waals surface area contributed by atoms with E-state index in [1.165, 1.54) is 0 Å². The average molecular weight is 97.2 g/mol. The largest absolute Gasteiger partial charge is 0.399 e. The highest BCUT2D eigenvalue weighted by Crippen LogP contribution is 1.95. The molecule has 0 bridgehead atoms. The van der Waals surface area contributed by atoms with E-state index < -0.39 is 0 Å². The van der Waals surface area contributed by atoms with Gasteiger partial charge in [-0.05, 0) is 19.4 Å². The second kappa shape index (κ2) is 2.45. The van der Waals surface area contributed by atoms with Gasteiger partial charge in [0.05, 0.1) is 0 Å². The van der Waals surface area contributed by atoms with Crippen molar-refractivity contribution >= 4 is 0 Å². The lowest BCUT2D eigenvalue weighted by Gasteiger charge is -1.92. The fourth-order valence-corrected chi connectivity index (χ4v) is 0.246. The van der Waals surface area contributed by atoms with Crippen LogP contribution in [-0.4, -0.2) is 0 Å². The normalized spacial score (nSPS) is 11.4. The van der Waals surface area contributed by atoms with Gasteiger partial charge < -0.3 is 5.73 Å². The van der Waals surface area contributed by atoms with Gasteiger partial charge in [-0.2, -0.15) is 0 Å². The van der Waals surface area contributed by atoms with Crippen LogP contribution in [0.15, 0.2) is 23.9 Å². The Bertz CT molecular complexity index is 101. The number of nitrogens with two attached hydrogens (primary N) is 1. The second-order valence-electron chi connectivity index (χ2n) is 1.52. The maximum absolute atomic E-state index is 5.38. The van der Waals surface area contributed by atoms with Gasteiger partial charge in [-0.3, -0.25) is 0 Å². The topological polar surface area (TPSA) is 26.0 Å². The van der Waals surface area contributed by atoms with Crippen molar-refractivity contribution in [3.05, 3.63) is 23.9 Å². The second-order valence-corrected chi connectivity index (χ2v) is 1.52. The Kier molecular flexibility index (Phi) is 2.20. The van der Waals surface area contributed by atoms with Crippen molar-refractivity contribution in [1.82, 2.24) is 0 Å². The molecule has 2 N–H and O–H groups in total. The minimum atomic E-state index is 0.778. The molecule has 0 aromatic rings. The van der Waals surface area contributed by atoms with Gasteiger partial charge >= 0.3 is 0 Å². The quantitative estimate of drug-likeness (QED) is 0.492. The first-order valence-electron chi connectivity index (χ1n) is 2.26. The van der Waals surface area contributed by atoms with E-state index in [9.17, 15) is 0 Å². The summed E-state index contributed by atoms with van der Waals surface area (Å²) < 4.78 is 0. The highest BCUT2D eigenvalue weighted by Gasteiger charge is 1.81. The number of allylic oxidation sites excluding steroid dienone is 2. The van der Waals surface area contributed by atoms with E-state index in [1.54, 1.807) is 0 Å². The first-order valence-corrected chi connectivity index (χ1v) is 2.26. The Labute approximate surface area is 44.5 Å². The molecule has 0 rings (SSSR count). The van der Waals surface area contributed by atoms with Gasteiger partial charge in [0.1, 0.15) is 0 Å². The lowest BCUT2D eigenvalue weighted by Crippen LogP contribution is -1.95. The smallest absolute Gasteiger partial charge is 0.0294 e. The summed E-state index contributed by atoms with van der Waals surface area (Å²) in [5, 5.41) is 0. The van der Waals surface area contributed by atoms with Crippen LogP contribution in [0, 0.1) is 0 Å². The minimum Gasteiger partial charge on any atom is -0.399 e. The summed E-state index contributed by atoms with van der Waals surface area (Å²) in [5.74, 6) is 0. The molecule has 0 saturated carbocycles. The third-order valence-corrected chi connectivity index (χ3v) is 0.804. The standard InChI is InChI=1S/C6H11N/c1-4-6(7)5(2)3/h4H,2,7H2,1,3H3/b6-4+. The first kappa shape index (κ1) is 6.28. The van der Waals surface area contributed by atoms with Crippen LogP contribution in [0.25, 0.3) is 0 Å². The molecule has 0 amide bonds. The third kappa shape index (κ3) is 2.04. The van der Waals surface area contributed by atoms with Gasteiger partial charge in [0.15, 0.2) is 0 Å². The molecule has 0 fully saturated rings. The average Bonchev–Trinajstić information content (AvgIpc) is 1.65. The van der Waals surface area contributed by atoms with Gasteiger partial charge in [0.2, 0.25) is 0 Å². The molecule has 0 aliphatic heterocycles. The highest BCUT2D eigenvalue weighted by atomic mass is 14.6. The monoisotopic (exact) mass is 97.1 g/mol. The summed E-state index contributed by atoms with van der Waals surface area (Å²) in [6, 6.07) is 0. The van der Waals surface area contributed by atoms with Crippen molar-refractivity contribution in [2.45, 2.75) is 13.8 Å². The van der Waals surface area contributed by atoms with Crippen molar-refractivity contribution in [3.8, 4) is 0 Å². The molecule has 0 aromatic carbocycles. The zero-order valence-electron chi connectivity index (χ0n) is 4.86. The summed E-state index contributed by atoms with van der Waals surface area (Å²) >= 11 is 0. The van der Waals surface area contributed by atoms with Crippen molar-refractivity contribution in [1.29, 1.82) is 0 Å². The SMILES string of the molecule is C=C(C)/C(N)=C\C. The van der Waals surface area contributed by atoms with Crippen LogP contribution in [0.2, 0.25) is 0 Å². The van der Waals surface area contributed by atoms with E-state index >= 15 is 0 Å². The van der Waals surface area contributed by atoms with Crippen LogP contribution in [0.3, 0.4) is 0 Å². The Morgan fingerprint density at radius 3 is 2.14 bits per heavy atom. The molecule has 0 aliphatic rings. The van der Waals surface area contributed by atoms with E-state index in [4.69, 9.17) is 5.73 Å². The van der Waals surface area contributed by atoms with Gasteiger partial charge in [-0.25, -0.2) is 0 Å². The fourth-order valence-electron chi connectivity index (χ4n) is 0.246. The maximum Gasteiger partial charge on any atom is 0.0294 e. The molecule has 0 saturated heterocycles. The van der Waals surface area contributed by atoms with Crippen LogP contribution in [0.1, 0.15) is 13.8 Å². The summed E-state index contributed by atoms with van der Waals surface area (Å²) in [7, 11) is 0. The molecular weight excluding hydrogens is 86.1 g/mol. The highest BCUT2D eigenvalue weighted by molar-refractivity contribution is 5.21. The van der Waals surface area contributed by atoms with Crippen LogP contribution in [0.4, 0.5) is 0 Å². The molecule has 7 heavy (non-hydrogen) atoms. The summed E-state index contributed by atoms with van der Waals surface area (Å²) in [4.78, 5) is 0. The van der Waals surface area contributed by atoms with Gasteiger partial charge in [0, 0.05) is 5.70 Å². The Morgan fingerprint density at radius 1 is 1.71 bits per heavy atom. The van der Waals surface area contributed by atoms with Crippen molar-refractivity contribution in [3.63, 3.8) is 0 Å². The van der Waals surface area contributed by atoms with Crippen LogP contribution < -0.4 is 5.73 Å². The van der Waals surface area contributed by atoms with E-state index in [0.29, 0.717) is 0 Å². The Hall–Kier alpha value is -0.720. The van der Waals surface area contributed by atoms with Gasteiger partial charge in [0.25, 0.3) is 0 Å². The predicted octanol–water partition coefficient (Wildman–Crippen LogP) is 1.43. The Morgan fingerprint density at radius 2 is 2.14 bits per heavy atom. The molecule has 1 heteroatoms. The fraction of sp³-hybridized carbons (Fsp3) is 0.333. The van der Waals surface area contributed by atoms with Crippen molar-refractivity contribution in [2.24, 2.45) is 5.73 Å². The van der Waals surface area contributed by atoms with E-state index in [2.05, 4.69) is 6.58 Å². The predicted molar refractivity (Wildman–Crippen MR) is 32.8 cm³/mol. The molecular formula is C6H11N. The van der Waals surface area contributed by atoms with Crippen molar-refractivity contribution in [2.75, 3.05) is 0 Å². The third-order valence-electron chi connectivity index (χ3n) is 0.804. The van der Waals surface area contributed by atoms with E-state index in [0.717, 1.165) is 11.3 Å². The zero-order valence-corrected chi connectivity index (χ0v) is 4.86. The summed E-state index contributed by atoms with van der Waals surface area (Å²) in [6.45, 7) is 7.41. The molecule has 0 aliphatic carbocycles. The minimum absolute atomic E-state index is 0.778. The van der Waals surface area contributed by atoms with Gasteiger partial charge in [-0.1, -0.05) is 12.7 Å². The molecule has 0 unspecified atom stereocenters. The molecule has 0 radical (unpaired) electrons.